The fourth-order valence-corrected chi connectivity index (χ4v) is 16.2. The number of alkyl halides is 10. The summed E-state index contributed by atoms with van der Waals surface area (Å²) in [5, 5.41) is 0. The van der Waals surface area contributed by atoms with Crippen LogP contribution in [-0.2, 0) is 0 Å². The fourth-order valence-electron chi connectivity index (χ4n) is 3.27. The molecule has 0 N–H and O–H groups in total. The Bertz CT molecular complexity index is 1310. The van der Waals surface area contributed by atoms with E-state index in [1.807, 2.05) is 72.8 Å². The Hall–Kier alpha value is 3.98. The molecule has 1 fully saturated rings. The van der Waals surface area contributed by atoms with Gasteiger partial charge in [-0.25, -0.2) is 0 Å². The van der Waals surface area contributed by atoms with E-state index in [1.54, 1.807) is 0 Å². The van der Waals surface area contributed by atoms with Crippen molar-refractivity contribution < 1.29 is 9.47 Å². The van der Waals surface area contributed by atoms with Crippen molar-refractivity contribution in [3.05, 3.63) is 90.7 Å². The molecule has 1 aliphatic carbocycles. The minimum absolute atomic E-state index is 0.505. The van der Waals surface area contributed by atoms with Crippen LogP contribution in [0.1, 0.15) is 0 Å². The summed E-state index contributed by atoms with van der Waals surface area (Å²) < 4.78 is 9.59. The van der Waals surface area contributed by atoms with Crippen LogP contribution in [0.4, 0.5) is 0 Å². The molecule has 2 atom stereocenters. The predicted octanol–water partition coefficient (Wildman–Crippen LogP) is 15.0. The van der Waals surface area contributed by atoms with E-state index in [0.29, 0.717) is 16.0 Å². The van der Waals surface area contributed by atoms with Crippen LogP contribution in [0, 0.1) is 0 Å². The lowest BCUT2D eigenvalue weighted by atomic mass is 9.92. The molecule has 0 aliphatic heterocycles. The second-order valence-electron chi connectivity index (χ2n) is 7.96. The third kappa shape index (κ3) is 6.78. The SMILES string of the molecule is Brc1cc(OC2(Br)C(Br)(Br)C(Br)(Br)C(Br)(Br)C(Br)(Br)C2(Br)Oc2ccccc2)c(Br)c(Br)c1Br.c1ccccc1. The summed E-state index contributed by atoms with van der Waals surface area (Å²) in [6.45, 7) is 0. The molecule has 0 amide bonds. The lowest BCUT2D eigenvalue weighted by Crippen LogP contribution is -2.83. The second-order valence-corrected chi connectivity index (χ2v) is 27.2. The van der Waals surface area contributed by atoms with Gasteiger partial charge in [-0.15, -0.1) is 0 Å². The van der Waals surface area contributed by atoms with Crippen LogP contribution >= 0.6 is 223 Å². The Morgan fingerprint density at radius 3 is 1.23 bits per heavy atom. The summed E-state index contributed by atoms with van der Waals surface area (Å²) in [4.78, 5) is 0. The second kappa shape index (κ2) is 14.6. The molecule has 218 valence electrons. The molecule has 0 saturated heterocycles. The van der Waals surface area contributed by atoms with E-state index in [4.69, 9.17) is 9.47 Å². The maximum Gasteiger partial charge on any atom is 0.241 e. The molecule has 40 heavy (non-hydrogen) atoms. The minimum Gasteiger partial charge on any atom is -0.468 e. The first kappa shape index (κ1) is 38.4. The van der Waals surface area contributed by atoms with Crippen molar-refractivity contribution in [2.75, 3.05) is 0 Å². The average Bonchev–Trinajstić information content (AvgIpc) is 2.91. The highest BCUT2D eigenvalue weighted by Crippen LogP contribution is 2.80. The van der Waals surface area contributed by atoms with Crippen molar-refractivity contribution in [2.24, 2.45) is 0 Å². The monoisotopic (exact) mass is 1440 g/mol. The quantitative estimate of drug-likeness (QED) is 0.147. The predicted molar refractivity (Wildman–Crippen MR) is 217 cm³/mol. The third-order valence-electron chi connectivity index (χ3n) is 5.39. The molecule has 2 unspecified atom stereocenters. The first-order valence-corrected chi connectivity index (χ1v) is 21.6. The highest BCUT2D eigenvalue weighted by atomic mass is 79.9. The van der Waals surface area contributed by atoms with Crippen LogP contribution in [0.2, 0.25) is 0 Å². The molecule has 3 aromatic carbocycles. The zero-order valence-electron chi connectivity index (χ0n) is 19.0. The summed E-state index contributed by atoms with van der Waals surface area (Å²) in [5.74, 6) is 1.10. The molecule has 0 spiro atoms. The van der Waals surface area contributed by atoms with Crippen LogP contribution in [0.3, 0.4) is 0 Å². The van der Waals surface area contributed by atoms with Gasteiger partial charge in [0.2, 0.25) is 9.02 Å². The van der Waals surface area contributed by atoms with Gasteiger partial charge in [-0.1, -0.05) is 182 Å². The molecule has 0 heterocycles. The van der Waals surface area contributed by atoms with Gasteiger partial charge in [0.15, 0.2) is 6.47 Å². The zero-order valence-corrected chi connectivity index (χ0v) is 41.2. The molecule has 1 saturated carbocycles. The summed E-state index contributed by atoms with van der Waals surface area (Å²) in [7, 11) is 0. The van der Waals surface area contributed by atoms with E-state index in [-0.39, 0.29) is 0 Å². The van der Waals surface area contributed by atoms with Gasteiger partial charge in [0.1, 0.15) is 18.0 Å². The summed E-state index contributed by atoms with van der Waals surface area (Å²) in [6, 6.07) is 23.2. The molecule has 16 heteroatoms. The minimum atomic E-state index is -1.41. The maximum absolute atomic E-state index is 6.82. The third-order valence-corrected chi connectivity index (χ3v) is 31.1. The summed E-state index contributed by atoms with van der Waals surface area (Å²) in [6.07, 6.45) is 0. The largest absolute Gasteiger partial charge is 0.468 e. The molecule has 0 aromatic heterocycles. The molecule has 2 nitrogen and oxygen atoms in total. The lowest BCUT2D eigenvalue weighted by Gasteiger charge is -2.65. The first-order chi connectivity index (χ1) is 18.3. The number of benzene rings is 3. The van der Waals surface area contributed by atoms with Gasteiger partial charge in [-0.2, -0.15) is 0 Å². The van der Waals surface area contributed by atoms with Crippen molar-refractivity contribution in [2.45, 2.75) is 22.0 Å². The molecular formula is C24H12Br14O2. The van der Waals surface area contributed by atoms with Crippen molar-refractivity contribution in [1.29, 1.82) is 0 Å². The van der Waals surface area contributed by atoms with Crippen molar-refractivity contribution in [1.82, 2.24) is 0 Å². The number of ether oxygens (including phenoxy) is 2. The smallest absolute Gasteiger partial charge is 0.241 e. The van der Waals surface area contributed by atoms with Gasteiger partial charge < -0.3 is 9.47 Å². The van der Waals surface area contributed by atoms with Crippen LogP contribution in [0.5, 0.6) is 11.5 Å². The Morgan fingerprint density at radius 1 is 0.425 bits per heavy atom. The van der Waals surface area contributed by atoms with Crippen LogP contribution < -0.4 is 9.47 Å². The number of hydrogen-bond donors (Lipinski definition) is 0. The molecule has 4 rings (SSSR count). The molecular weight excluding hydrogens is 1440 g/mol. The zero-order chi connectivity index (χ0) is 30.4. The number of halogens is 14. The molecule has 0 radical (unpaired) electrons. The van der Waals surface area contributed by atoms with Gasteiger partial charge in [0, 0.05) is 8.95 Å². The van der Waals surface area contributed by atoms with Gasteiger partial charge >= 0.3 is 0 Å². The van der Waals surface area contributed by atoms with Crippen LogP contribution in [-0.4, -0.2) is 22.0 Å². The van der Waals surface area contributed by atoms with E-state index in [1.165, 1.54) is 0 Å². The summed E-state index contributed by atoms with van der Waals surface area (Å²) >= 11 is 53.1. The summed E-state index contributed by atoms with van der Waals surface area (Å²) in [5.41, 5.74) is 0. The van der Waals surface area contributed by atoms with E-state index < -0.39 is 22.0 Å². The van der Waals surface area contributed by atoms with Crippen LogP contribution in [0.15, 0.2) is 90.7 Å². The average molecular weight is 1450 g/mol. The fraction of sp³-hybridized carbons (Fsp3) is 0.250. The molecule has 0 bridgehead atoms. The Balaban J connectivity index is 0.000000649. The first-order valence-electron chi connectivity index (χ1n) is 10.5. The maximum atomic E-state index is 6.82. The Morgan fingerprint density at radius 2 is 0.800 bits per heavy atom. The number of hydrogen-bond acceptors (Lipinski definition) is 2. The number of rotatable bonds is 4. The van der Waals surface area contributed by atoms with E-state index in [0.717, 1.165) is 13.4 Å². The van der Waals surface area contributed by atoms with Crippen molar-refractivity contribution in [3.63, 3.8) is 0 Å². The van der Waals surface area contributed by atoms with Gasteiger partial charge in [0.05, 0.1) is 8.95 Å². The standard InChI is InChI=1S/C18H6Br14O2.C6H6/c19-8-6-9(11(21)12(22)10(8)20)34-18(32)16(29,30)14(25,26)13(23,24)15(27,28)17(18,31)33-7-4-2-1-3-5-7;1-2-4-6-5-3-1/h1-6H;1-6H. The van der Waals surface area contributed by atoms with Gasteiger partial charge in [0.25, 0.3) is 0 Å². The van der Waals surface area contributed by atoms with E-state index >= 15 is 0 Å². The van der Waals surface area contributed by atoms with E-state index in [9.17, 15) is 0 Å². The van der Waals surface area contributed by atoms with Crippen LogP contribution in [0.25, 0.3) is 0 Å². The van der Waals surface area contributed by atoms with Crippen molar-refractivity contribution >= 4 is 223 Å². The van der Waals surface area contributed by atoms with Gasteiger partial charge in [-0.05, 0) is 114 Å². The molecule has 3 aromatic rings. The number of para-hydroxylation sites is 1. The highest BCUT2D eigenvalue weighted by molar-refractivity contribution is 9.35. The normalized spacial score (nSPS) is 25.8. The lowest BCUT2D eigenvalue weighted by molar-refractivity contribution is -0.0161. The Kier molecular flexibility index (Phi) is 14.0. The highest BCUT2D eigenvalue weighted by Gasteiger charge is 2.88. The topological polar surface area (TPSA) is 18.5 Å². The van der Waals surface area contributed by atoms with Crippen molar-refractivity contribution in [3.8, 4) is 11.5 Å². The molecule has 1 aliphatic rings. The van der Waals surface area contributed by atoms with Gasteiger partial charge in [-0.3, -0.25) is 0 Å². The van der Waals surface area contributed by atoms with E-state index in [2.05, 4.69) is 223 Å². The Labute approximate surface area is 350 Å².